The van der Waals surface area contributed by atoms with Gasteiger partial charge in [-0.05, 0) is 37.6 Å². The Morgan fingerprint density at radius 3 is 2.41 bits per heavy atom. The molecule has 1 heterocycles. The number of likely N-dealkylation sites (tertiary alicyclic amines) is 1. The second-order valence-corrected chi connectivity index (χ2v) is 8.58. The predicted molar refractivity (Wildman–Crippen MR) is 90.3 cm³/mol. The third-order valence-electron chi connectivity index (χ3n) is 3.90. The summed E-state index contributed by atoms with van der Waals surface area (Å²) < 4.78 is 25.3. The molecule has 1 fully saturated rings. The third-order valence-corrected chi connectivity index (χ3v) is 5.89. The highest BCUT2D eigenvalue weighted by Gasteiger charge is 2.25. The van der Waals surface area contributed by atoms with Gasteiger partial charge in [-0.25, -0.2) is 8.42 Å². The lowest BCUT2D eigenvalue weighted by Gasteiger charge is -2.31. The van der Waals surface area contributed by atoms with Gasteiger partial charge in [0.15, 0.2) is 9.84 Å². The van der Waals surface area contributed by atoms with E-state index in [-0.39, 0.29) is 11.7 Å². The molecule has 5 nitrogen and oxygen atoms in total. The van der Waals surface area contributed by atoms with Crippen LogP contribution in [0.4, 0.5) is 0 Å². The first-order valence-corrected chi connectivity index (χ1v) is 9.91. The number of carbonyl (C=O) groups is 1. The van der Waals surface area contributed by atoms with Crippen molar-refractivity contribution >= 4 is 31.7 Å². The van der Waals surface area contributed by atoms with Crippen molar-refractivity contribution in [1.82, 2.24) is 10.2 Å². The molecule has 0 radical (unpaired) electrons. The van der Waals surface area contributed by atoms with Crippen LogP contribution >= 0.6 is 15.9 Å². The average molecular weight is 389 g/mol. The van der Waals surface area contributed by atoms with Crippen LogP contribution in [0.25, 0.3) is 0 Å². The van der Waals surface area contributed by atoms with Crippen LogP contribution in [0.5, 0.6) is 0 Å². The number of benzene rings is 1. The lowest BCUT2D eigenvalue weighted by atomic mass is 10.1. The van der Waals surface area contributed by atoms with Crippen LogP contribution < -0.4 is 5.32 Å². The van der Waals surface area contributed by atoms with Gasteiger partial charge in [0.1, 0.15) is 5.75 Å². The van der Waals surface area contributed by atoms with Crippen molar-refractivity contribution in [2.45, 2.75) is 24.6 Å². The molecule has 1 amide bonds. The highest BCUT2D eigenvalue weighted by molar-refractivity contribution is 9.10. The number of nitrogens with one attached hydrogen (secondary N) is 1. The van der Waals surface area contributed by atoms with Crippen LogP contribution in [0.15, 0.2) is 28.7 Å². The van der Waals surface area contributed by atoms with E-state index in [1.54, 1.807) is 29.2 Å². The van der Waals surface area contributed by atoms with E-state index in [1.807, 2.05) is 7.05 Å². The molecule has 1 aliphatic heterocycles. The van der Waals surface area contributed by atoms with Crippen LogP contribution in [0, 0.1) is 0 Å². The molecule has 22 heavy (non-hydrogen) atoms. The Hall–Kier alpha value is -0.920. The largest absolute Gasteiger partial charge is 0.342 e. The number of hydrogen-bond acceptors (Lipinski definition) is 4. The number of piperidine rings is 1. The fourth-order valence-electron chi connectivity index (χ4n) is 2.58. The lowest BCUT2D eigenvalue weighted by molar-refractivity contribution is -0.129. The first kappa shape index (κ1) is 17.4. The normalized spacial score (nSPS) is 16.7. The maximum atomic E-state index is 12.2. The molecule has 0 aliphatic carbocycles. The molecule has 1 aromatic carbocycles. The zero-order valence-electron chi connectivity index (χ0n) is 12.6. The highest BCUT2D eigenvalue weighted by atomic mass is 79.9. The Bertz CT molecular complexity index is 608. The summed E-state index contributed by atoms with van der Waals surface area (Å²) in [6, 6.07) is 7.53. The molecule has 7 heteroatoms. The van der Waals surface area contributed by atoms with Gasteiger partial charge in [-0.15, -0.1) is 0 Å². The molecule has 1 aromatic rings. The molecule has 1 aliphatic rings. The molecule has 1 N–H and O–H groups in total. The second-order valence-electron chi connectivity index (χ2n) is 5.60. The molecule has 0 aromatic heterocycles. The lowest BCUT2D eigenvalue weighted by Crippen LogP contribution is -2.45. The summed E-state index contributed by atoms with van der Waals surface area (Å²) in [7, 11) is -1.53. The first-order chi connectivity index (χ1) is 10.4. The van der Waals surface area contributed by atoms with E-state index in [9.17, 15) is 13.2 Å². The van der Waals surface area contributed by atoms with E-state index in [1.165, 1.54) is 0 Å². The van der Waals surface area contributed by atoms with Crippen LogP contribution in [0.1, 0.15) is 18.4 Å². The molecular formula is C15H21BrN2O3S. The number of carbonyl (C=O) groups excluding carboxylic acids is 1. The number of hydrogen-bond donors (Lipinski definition) is 1. The van der Waals surface area contributed by atoms with Gasteiger partial charge in [-0.2, -0.15) is 0 Å². The summed E-state index contributed by atoms with van der Waals surface area (Å²) in [6.07, 6.45) is 1.74. The zero-order chi connectivity index (χ0) is 16.2. The van der Waals surface area contributed by atoms with Crippen LogP contribution in [-0.2, 0) is 20.4 Å². The smallest absolute Gasteiger partial charge is 0.237 e. The summed E-state index contributed by atoms with van der Waals surface area (Å²) >= 11 is 3.31. The van der Waals surface area contributed by atoms with E-state index in [2.05, 4.69) is 21.2 Å². The number of nitrogens with zero attached hydrogens (tertiary/aromatic N) is 1. The van der Waals surface area contributed by atoms with E-state index < -0.39 is 15.6 Å². The fourth-order valence-corrected chi connectivity index (χ4v) is 4.21. The van der Waals surface area contributed by atoms with Crippen LogP contribution in [0.2, 0.25) is 0 Å². The summed E-state index contributed by atoms with van der Waals surface area (Å²) in [4.78, 5) is 13.8. The average Bonchev–Trinajstić information content (AvgIpc) is 2.49. The molecule has 0 spiro atoms. The van der Waals surface area contributed by atoms with Gasteiger partial charge in [0.25, 0.3) is 0 Å². The van der Waals surface area contributed by atoms with Crippen molar-refractivity contribution in [1.29, 1.82) is 0 Å². The van der Waals surface area contributed by atoms with Crippen molar-refractivity contribution in [3.8, 4) is 0 Å². The summed E-state index contributed by atoms with van der Waals surface area (Å²) in [5, 5.41) is 3.19. The van der Waals surface area contributed by atoms with Crippen molar-refractivity contribution in [2.75, 3.05) is 25.9 Å². The molecule has 0 unspecified atom stereocenters. The molecule has 0 saturated carbocycles. The summed E-state index contributed by atoms with van der Waals surface area (Å²) in [5.41, 5.74) is 0.699. The van der Waals surface area contributed by atoms with Crippen molar-refractivity contribution in [3.05, 3.63) is 34.3 Å². The maximum Gasteiger partial charge on any atom is 0.237 e. The molecule has 122 valence electrons. The number of rotatable bonds is 5. The van der Waals surface area contributed by atoms with Gasteiger partial charge in [-0.3, -0.25) is 4.79 Å². The Morgan fingerprint density at radius 2 is 1.86 bits per heavy atom. The standard InChI is InChI=1S/C15H21BrN2O3S/c1-17-14-6-8-18(9-7-14)15(19)11-22(20,21)10-12-2-4-13(16)5-3-12/h2-5,14,17H,6-11H2,1H3. The Labute approximate surface area is 140 Å². The molecular weight excluding hydrogens is 368 g/mol. The second kappa shape index (κ2) is 7.57. The van der Waals surface area contributed by atoms with Gasteiger partial charge in [0.05, 0.1) is 5.75 Å². The van der Waals surface area contributed by atoms with Gasteiger partial charge in [-0.1, -0.05) is 28.1 Å². The van der Waals surface area contributed by atoms with E-state index in [4.69, 9.17) is 0 Å². The first-order valence-electron chi connectivity index (χ1n) is 7.29. The molecule has 2 rings (SSSR count). The van der Waals surface area contributed by atoms with Gasteiger partial charge >= 0.3 is 0 Å². The number of halogens is 1. The quantitative estimate of drug-likeness (QED) is 0.831. The zero-order valence-corrected chi connectivity index (χ0v) is 15.0. The van der Waals surface area contributed by atoms with Gasteiger partial charge in [0.2, 0.25) is 5.91 Å². The molecule has 0 atom stereocenters. The van der Waals surface area contributed by atoms with E-state index >= 15 is 0 Å². The summed E-state index contributed by atoms with van der Waals surface area (Å²) in [6.45, 7) is 1.25. The predicted octanol–water partition coefficient (Wildman–Crippen LogP) is 1.57. The minimum absolute atomic E-state index is 0.0982. The van der Waals surface area contributed by atoms with E-state index in [0.717, 1.165) is 17.3 Å². The van der Waals surface area contributed by atoms with Gasteiger partial charge < -0.3 is 10.2 Å². The maximum absolute atomic E-state index is 12.2. The molecule has 1 saturated heterocycles. The Balaban J connectivity index is 1.91. The number of sulfone groups is 1. The minimum atomic E-state index is -3.44. The van der Waals surface area contributed by atoms with Crippen LogP contribution in [-0.4, -0.2) is 51.2 Å². The van der Waals surface area contributed by atoms with Crippen molar-refractivity contribution in [3.63, 3.8) is 0 Å². The number of amides is 1. The molecule has 0 bridgehead atoms. The SMILES string of the molecule is CNC1CCN(C(=O)CS(=O)(=O)Cc2ccc(Br)cc2)CC1. The highest BCUT2D eigenvalue weighted by Crippen LogP contribution is 2.15. The van der Waals surface area contributed by atoms with Crippen molar-refractivity contribution < 1.29 is 13.2 Å². The monoisotopic (exact) mass is 388 g/mol. The topological polar surface area (TPSA) is 66.5 Å². The van der Waals surface area contributed by atoms with Gasteiger partial charge in [0, 0.05) is 23.6 Å². The minimum Gasteiger partial charge on any atom is -0.342 e. The van der Waals surface area contributed by atoms with E-state index in [0.29, 0.717) is 24.7 Å². The fraction of sp³-hybridized carbons (Fsp3) is 0.533. The Morgan fingerprint density at radius 1 is 1.27 bits per heavy atom. The van der Waals surface area contributed by atoms with Crippen LogP contribution in [0.3, 0.4) is 0 Å². The Kier molecular flexibility index (Phi) is 6.00. The van der Waals surface area contributed by atoms with Crippen molar-refractivity contribution in [2.24, 2.45) is 0 Å². The third kappa shape index (κ3) is 5.07. The summed E-state index contributed by atoms with van der Waals surface area (Å²) in [5.74, 6) is -0.793.